The summed E-state index contributed by atoms with van der Waals surface area (Å²) in [6, 6.07) is 19.3. The summed E-state index contributed by atoms with van der Waals surface area (Å²) < 4.78 is 5.49. The highest BCUT2D eigenvalue weighted by Crippen LogP contribution is 2.31. The number of amides is 3. The molecule has 0 unspecified atom stereocenters. The van der Waals surface area contributed by atoms with E-state index in [9.17, 15) is 19.2 Å². The maximum absolute atomic E-state index is 13.0. The van der Waals surface area contributed by atoms with Crippen molar-refractivity contribution in [2.24, 2.45) is 0 Å². The number of halogens is 2. The average Bonchev–Trinajstić information content (AvgIpc) is 3.07. The lowest BCUT2D eigenvalue weighted by Gasteiger charge is -2.15. The van der Waals surface area contributed by atoms with E-state index in [4.69, 9.17) is 16.3 Å². The normalized spacial score (nSPS) is 13.2. The van der Waals surface area contributed by atoms with Gasteiger partial charge in [0.2, 0.25) is 0 Å². The first-order valence-corrected chi connectivity index (χ1v) is 11.4. The van der Waals surface area contributed by atoms with E-state index >= 15 is 0 Å². The van der Waals surface area contributed by atoms with Crippen molar-refractivity contribution in [3.63, 3.8) is 0 Å². The minimum absolute atomic E-state index is 0.0945. The van der Waals surface area contributed by atoms with Crippen LogP contribution in [0.15, 0.2) is 88.0 Å². The van der Waals surface area contributed by atoms with Crippen molar-refractivity contribution in [1.82, 2.24) is 0 Å². The van der Waals surface area contributed by atoms with E-state index < -0.39 is 23.7 Å². The van der Waals surface area contributed by atoms with Gasteiger partial charge in [0.1, 0.15) is 10.7 Å². The van der Waals surface area contributed by atoms with Gasteiger partial charge in [-0.15, -0.1) is 0 Å². The van der Waals surface area contributed by atoms with Gasteiger partial charge in [0.05, 0.1) is 18.4 Å². The molecule has 10 heteroatoms. The molecule has 0 atom stereocenters. The second kappa shape index (κ2) is 10.1. The Morgan fingerprint density at radius 2 is 1.51 bits per heavy atom. The number of benzene rings is 3. The van der Waals surface area contributed by atoms with Gasteiger partial charge in [0, 0.05) is 21.4 Å². The Labute approximate surface area is 213 Å². The van der Waals surface area contributed by atoms with Gasteiger partial charge in [-0.3, -0.25) is 14.4 Å². The number of hydrogen-bond acceptors (Lipinski definition) is 6. The number of carbonyl (C=O) groups excluding carboxylic acids is 4. The van der Waals surface area contributed by atoms with Gasteiger partial charge in [-0.25, -0.2) is 9.69 Å². The number of imide groups is 1. The van der Waals surface area contributed by atoms with Crippen molar-refractivity contribution in [2.45, 2.75) is 0 Å². The zero-order chi connectivity index (χ0) is 25.1. The Morgan fingerprint density at radius 1 is 0.886 bits per heavy atom. The number of carbonyl (C=O) groups is 4. The summed E-state index contributed by atoms with van der Waals surface area (Å²) in [4.78, 5) is 51.1. The third-order valence-electron chi connectivity index (χ3n) is 5.05. The van der Waals surface area contributed by atoms with Crippen molar-refractivity contribution in [2.75, 3.05) is 22.6 Å². The van der Waals surface area contributed by atoms with Gasteiger partial charge in [0.15, 0.2) is 0 Å². The molecule has 1 aliphatic rings. The zero-order valence-corrected chi connectivity index (χ0v) is 20.5. The Kier molecular flexibility index (Phi) is 6.99. The van der Waals surface area contributed by atoms with Crippen LogP contribution in [-0.4, -0.2) is 30.8 Å². The van der Waals surface area contributed by atoms with E-state index in [1.54, 1.807) is 60.7 Å². The highest BCUT2D eigenvalue weighted by atomic mass is 79.9. The zero-order valence-electron chi connectivity index (χ0n) is 18.2. The molecular formula is C25H17BrClN3O5. The molecule has 0 saturated heterocycles. The van der Waals surface area contributed by atoms with Crippen LogP contribution in [0.4, 0.5) is 17.1 Å². The van der Waals surface area contributed by atoms with Crippen LogP contribution >= 0.6 is 27.5 Å². The van der Waals surface area contributed by atoms with Crippen LogP contribution in [0.5, 0.6) is 0 Å². The number of methoxy groups -OCH3 is 1. The van der Waals surface area contributed by atoms with Gasteiger partial charge >= 0.3 is 5.97 Å². The number of rotatable bonds is 6. The predicted molar refractivity (Wildman–Crippen MR) is 135 cm³/mol. The van der Waals surface area contributed by atoms with E-state index in [0.717, 1.165) is 9.37 Å². The van der Waals surface area contributed by atoms with Crippen LogP contribution in [0.1, 0.15) is 20.7 Å². The van der Waals surface area contributed by atoms with Gasteiger partial charge < -0.3 is 15.4 Å². The van der Waals surface area contributed by atoms with E-state index in [0.29, 0.717) is 22.6 Å². The monoisotopic (exact) mass is 553 g/mol. The predicted octanol–water partition coefficient (Wildman–Crippen LogP) is 4.92. The quantitative estimate of drug-likeness (QED) is 0.331. The Bertz CT molecular complexity index is 1390. The molecule has 0 aliphatic carbocycles. The van der Waals surface area contributed by atoms with Crippen molar-refractivity contribution < 1.29 is 23.9 Å². The third-order valence-corrected chi connectivity index (χ3v) is 5.93. The fourth-order valence-electron chi connectivity index (χ4n) is 3.36. The smallest absolute Gasteiger partial charge is 0.337 e. The molecule has 0 radical (unpaired) electrons. The molecular weight excluding hydrogens is 538 g/mol. The lowest BCUT2D eigenvalue weighted by molar-refractivity contribution is -0.120. The van der Waals surface area contributed by atoms with Gasteiger partial charge in [-0.2, -0.15) is 0 Å². The summed E-state index contributed by atoms with van der Waals surface area (Å²) in [6.45, 7) is 0. The van der Waals surface area contributed by atoms with E-state index in [1.807, 2.05) is 0 Å². The molecule has 3 amide bonds. The molecule has 2 N–H and O–H groups in total. The first kappa shape index (κ1) is 24.2. The molecule has 1 heterocycles. The largest absolute Gasteiger partial charge is 0.465 e. The van der Waals surface area contributed by atoms with E-state index in [-0.39, 0.29) is 16.3 Å². The molecule has 3 aromatic rings. The van der Waals surface area contributed by atoms with Crippen molar-refractivity contribution in [3.8, 4) is 0 Å². The van der Waals surface area contributed by atoms with Crippen LogP contribution in [0.25, 0.3) is 0 Å². The maximum atomic E-state index is 13.0. The molecule has 0 fully saturated rings. The molecule has 1 aliphatic heterocycles. The topological polar surface area (TPSA) is 105 Å². The second-order valence-corrected chi connectivity index (χ2v) is 8.64. The van der Waals surface area contributed by atoms with Crippen molar-refractivity contribution >= 4 is 68.3 Å². The van der Waals surface area contributed by atoms with Gasteiger partial charge in [-0.1, -0.05) is 39.7 Å². The van der Waals surface area contributed by atoms with Crippen LogP contribution in [0, 0.1) is 0 Å². The van der Waals surface area contributed by atoms with Gasteiger partial charge in [0.25, 0.3) is 17.7 Å². The Morgan fingerprint density at radius 3 is 2.20 bits per heavy atom. The van der Waals surface area contributed by atoms with Crippen LogP contribution < -0.4 is 15.5 Å². The van der Waals surface area contributed by atoms with Crippen molar-refractivity contribution in [1.29, 1.82) is 0 Å². The average molecular weight is 555 g/mol. The maximum Gasteiger partial charge on any atom is 0.337 e. The van der Waals surface area contributed by atoms with Crippen LogP contribution in [-0.2, 0) is 14.3 Å². The minimum atomic E-state index is -0.652. The molecule has 0 saturated carbocycles. The minimum Gasteiger partial charge on any atom is -0.465 e. The van der Waals surface area contributed by atoms with Gasteiger partial charge in [-0.05, 0) is 60.7 Å². The third kappa shape index (κ3) is 5.11. The number of ether oxygens (including phenoxy) is 1. The standard InChI is InChI=1S/C25H17BrClN3O5/c1-35-25(34)15-5-3-7-18(13-15)29-22(31)14-4-2-6-17(12-14)28-21-20(27)23(32)30(24(21)33)19-10-8-16(26)9-11-19/h2-13,28H,1H3,(H,29,31). The fourth-order valence-corrected chi connectivity index (χ4v) is 3.84. The first-order valence-electron chi connectivity index (χ1n) is 10.2. The summed E-state index contributed by atoms with van der Waals surface area (Å²) >= 11 is 9.50. The lowest BCUT2D eigenvalue weighted by atomic mass is 10.1. The molecule has 3 aromatic carbocycles. The summed E-state index contributed by atoms with van der Waals surface area (Å²) in [5, 5.41) is 5.31. The van der Waals surface area contributed by atoms with E-state index in [1.165, 1.54) is 19.2 Å². The number of nitrogens with zero attached hydrogens (tertiary/aromatic N) is 1. The second-order valence-electron chi connectivity index (χ2n) is 7.34. The summed E-state index contributed by atoms with van der Waals surface area (Å²) in [5.41, 5.74) is 1.64. The fraction of sp³-hybridized carbons (Fsp3) is 0.0400. The number of hydrogen-bond donors (Lipinski definition) is 2. The van der Waals surface area contributed by atoms with Crippen LogP contribution in [0.3, 0.4) is 0 Å². The summed E-state index contributed by atoms with van der Waals surface area (Å²) in [6.07, 6.45) is 0. The first-order chi connectivity index (χ1) is 16.8. The highest BCUT2D eigenvalue weighted by molar-refractivity contribution is 9.10. The molecule has 0 spiro atoms. The molecule has 8 nitrogen and oxygen atoms in total. The summed E-state index contributed by atoms with van der Waals surface area (Å²) in [5.74, 6) is -2.23. The van der Waals surface area contributed by atoms with E-state index in [2.05, 4.69) is 26.6 Å². The number of nitrogens with one attached hydrogen (secondary N) is 2. The molecule has 35 heavy (non-hydrogen) atoms. The van der Waals surface area contributed by atoms with Crippen LogP contribution in [0.2, 0.25) is 0 Å². The number of anilines is 3. The Hall–Kier alpha value is -3.95. The molecule has 0 bridgehead atoms. The molecule has 0 aromatic heterocycles. The van der Waals surface area contributed by atoms with Crippen molar-refractivity contribution in [3.05, 3.63) is 99.1 Å². The number of esters is 1. The molecule has 4 rings (SSSR count). The Balaban J connectivity index is 1.52. The molecule has 176 valence electrons. The SMILES string of the molecule is COC(=O)c1cccc(NC(=O)c2cccc(NC3=C(Cl)C(=O)N(c4ccc(Br)cc4)C3=O)c2)c1. The highest BCUT2D eigenvalue weighted by Gasteiger charge is 2.39. The lowest BCUT2D eigenvalue weighted by Crippen LogP contribution is -2.32. The summed E-state index contributed by atoms with van der Waals surface area (Å²) in [7, 11) is 1.27.